The average Bonchev–Trinajstić information content (AvgIpc) is 2.71. The molecule has 2 N–H and O–H groups in total. The van der Waals surface area contributed by atoms with Crippen LogP contribution in [-0.2, 0) is 21.2 Å². The molecule has 2 aromatic rings. The maximum Gasteiger partial charge on any atom is 0.421 e. The lowest BCUT2D eigenvalue weighted by Gasteiger charge is -2.11. The van der Waals surface area contributed by atoms with Gasteiger partial charge in [0.25, 0.3) is 15.9 Å². The molecule has 0 saturated carbocycles. The number of nitrogens with one attached hydrogen (secondary N) is 2. The first-order chi connectivity index (χ1) is 14.7. The standard InChI is InChI=1S/C22H26N2O6S/c1-4-15-29-20-8-6-5-7-19(20)21(25)23-14-13-17-9-11-18(12-10-17)31(27,28)24-22(26)30-16(2)3/h4-12,16H,1,13-15H2,2-3H3,(H,23,25)(H,24,26). The van der Waals surface area contributed by atoms with Gasteiger partial charge >= 0.3 is 6.09 Å². The molecule has 2 rings (SSSR count). The van der Waals surface area contributed by atoms with Crippen molar-refractivity contribution in [2.75, 3.05) is 13.2 Å². The minimum absolute atomic E-state index is 0.0608. The highest BCUT2D eigenvalue weighted by molar-refractivity contribution is 7.90. The normalized spacial score (nSPS) is 10.9. The Morgan fingerprint density at radius 2 is 1.77 bits per heavy atom. The van der Waals surface area contributed by atoms with Crippen molar-refractivity contribution in [1.82, 2.24) is 10.0 Å². The molecule has 2 amide bonds. The molecule has 0 aliphatic carbocycles. The van der Waals surface area contributed by atoms with Crippen molar-refractivity contribution in [3.8, 4) is 5.75 Å². The molecule has 0 heterocycles. The molecule has 31 heavy (non-hydrogen) atoms. The highest BCUT2D eigenvalue weighted by Gasteiger charge is 2.19. The van der Waals surface area contributed by atoms with E-state index in [1.807, 2.05) is 4.72 Å². The van der Waals surface area contributed by atoms with Crippen molar-refractivity contribution in [2.24, 2.45) is 0 Å². The number of ether oxygens (including phenoxy) is 2. The van der Waals surface area contributed by atoms with Crippen molar-refractivity contribution < 1.29 is 27.5 Å². The van der Waals surface area contributed by atoms with E-state index in [2.05, 4.69) is 11.9 Å². The summed E-state index contributed by atoms with van der Waals surface area (Å²) >= 11 is 0. The molecule has 0 aliphatic heterocycles. The predicted molar refractivity (Wildman–Crippen MR) is 117 cm³/mol. The fourth-order valence-corrected chi connectivity index (χ4v) is 3.47. The van der Waals surface area contributed by atoms with E-state index in [9.17, 15) is 18.0 Å². The summed E-state index contributed by atoms with van der Waals surface area (Å²) in [5.41, 5.74) is 1.24. The molecular formula is C22H26N2O6S. The Kier molecular flexibility index (Phi) is 8.63. The van der Waals surface area contributed by atoms with E-state index in [1.54, 1.807) is 56.3 Å². The summed E-state index contributed by atoms with van der Waals surface area (Å²) in [6.07, 6.45) is 0.624. The topological polar surface area (TPSA) is 111 Å². The Bertz CT molecular complexity index is 1020. The number of carbonyl (C=O) groups is 2. The van der Waals surface area contributed by atoms with Gasteiger partial charge in [0.1, 0.15) is 12.4 Å². The molecule has 0 bridgehead atoms. The fraction of sp³-hybridized carbons (Fsp3) is 0.273. The van der Waals surface area contributed by atoms with Crippen LogP contribution in [0.5, 0.6) is 5.75 Å². The Hall–Kier alpha value is -3.33. The minimum Gasteiger partial charge on any atom is -0.489 e. The van der Waals surface area contributed by atoms with Gasteiger partial charge in [0.05, 0.1) is 16.6 Å². The molecule has 0 unspecified atom stereocenters. The zero-order valence-electron chi connectivity index (χ0n) is 17.5. The van der Waals surface area contributed by atoms with E-state index in [1.165, 1.54) is 12.1 Å². The first-order valence-corrected chi connectivity index (χ1v) is 11.1. The van der Waals surface area contributed by atoms with Gasteiger partial charge in [-0.3, -0.25) is 4.79 Å². The van der Waals surface area contributed by atoms with E-state index in [4.69, 9.17) is 9.47 Å². The van der Waals surface area contributed by atoms with Gasteiger partial charge in [-0.05, 0) is 50.1 Å². The molecule has 0 aromatic heterocycles. The van der Waals surface area contributed by atoms with Gasteiger partial charge in [0.2, 0.25) is 0 Å². The summed E-state index contributed by atoms with van der Waals surface area (Å²) in [5, 5.41) is 2.82. The van der Waals surface area contributed by atoms with Crippen LogP contribution in [0.25, 0.3) is 0 Å². The van der Waals surface area contributed by atoms with Crippen LogP contribution in [0.4, 0.5) is 4.79 Å². The van der Waals surface area contributed by atoms with E-state index in [0.717, 1.165) is 5.56 Å². The maximum atomic E-state index is 12.4. The third-order valence-electron chi connectivity index (χ3n) is 3.98. The summed E-state index contributed by atoms with van der Waals surface area (Å²) in [6.45, 7) is 7.47. The molecule has 8 nitrogen and oxygen atoms in total. The van der Waals surface area contributed by atoms with E-state index in [0.29, 0.717) is 30.9 Å². The monoisotopic (exact) mass is 446 g/mol. The average molecular weight is 447 g/mol. The van der Waals surface area contributed by atoms with Gasteiger partial charge in [0.15, 0.2) is 0 Å². The second kappa shape index (κ2) is 11.2. The first kappa shape index (κ1) is 23.9. The number of carbonyl (C=O) groups excluding carboxylic acids is 2. The van der Waals surface area contributed by atoms with Gasteiger partial charge in [-0.1, -0.05) is 36.9 Å². The van der Waals surface area contributed by atoms with Crippen LogP contribution in [0.2, 0.25) is 0 Å². The zero-order valence-corrected chi connectivity index (χ0v) is 18.3. The smallest absolute Gasteiger partial charge is 0.421 e. The van der Waals surface area contributed by atoms with Crippen molar-refractivity contribution in [3.05, 3.63) is 72.3 Å². The first-order valence-electron chi connectivity index (χ1n) is 9.66. The molecule has 166 valence electrons. The summed E-state index contributed by atoms with van der Waals surface area (Å²) in [6, 6.07) is 12.9. The lowest BCUT2D eigenvalue weighted by atomic mass is 10.1. The number of rotatable bonds is 10. The van der Waals surface area contributed by atoms with Gasteiger partial charge in [-0.2, -0.15) is 0 Å². The van der Waals surface area contributed by atoms with Crippen molar-refractivity contribution in [3.63, 3.8) is 0 Å². The van der Waals surface area contributed by atoms with Gasteiger partial charge in [0, 0.05) is 6.54 Å². The van der Waals surface area contributed by atoms with E-state index >= 15 is 0 Å². The summed E-state index contributed by atoms with van der Waals surface area (Å²) in [7, 11) is -4.02. The lowest BCUT2D eigenvalue weighted by molar-refractivity contribution is 0.0950. The zero-order chi connectivity index (χ0) is 22.9. The van der Waals surface area contributed by atoms with Gasteiger partial charge < -0.3 is 14.8 Å². The Morgan fingerprint density at radius 1 is 1.10 bits per heavy atom. The van der Waals surface area contributed by atoms with Crippen molar-refractivity contribution in [2.45, 2.75) is 31.3 Å². The molecule has 0 aliphatic rings. The Labute approximate surface area is 182 Å². The molecule has 0 radical (unpaired) electrons. The quantitative estimate of drug-likeness (QED) is 0.543. The van der Waals surface area contributed by atoms with Crippen LogP contribution in [0.15, 0.2) is 66.1 Å². The second-order valence-corrected chi connectivity index (χ2v) is 8.49. The lowest BCUT2D eigenvalue weighted by Crippen LogP contribution is -2.32. The minimum atomic E-state index is -4.02. The molecule has 0 atom stereocenters. The molecule has 9 heteroatoms. The van der Waals surface area contributed by atoms with Gasteiger partial charge in [-0.25, -0.2) is 17.9 Å². The third-order valence-corrected chi connectivity index (χ3v) is 5.31. The number of para-hydroxylation sites is 1. The van der Waals surface area contributed by atoms with Crippen LogP contribution >= 0.6 is 0 Å². The second-order valence-electron chi connectivity index (χ2n) is 6.81. The Balaban J connectivity index is 1.92. The highest BCUT2D eigenvalue weighted by atomic mass is 32.2. The SMILES string of the molecule is C=CCOc1ccccc1C(=O)NCCc1ccc(S(=O)(=O)NC(=O)OC(C)C)cc1. The number of hydrogen-bond donors (Lipinski definition) is 2. The molecule has 0 fully saturated rings. The van der Waals surface area contributed by atoms with Crippen LogP contribution in [-0.4, -0.2) is 39.7 Å². The van der Waals surface area contributed by atoms with Crippen LogP contribution in [0.1, 0.15) is 29.8 Å². The molecule has 0 spiro atoms. The van der Waals surface area contributed by atoms with Crippen molar-refractivity contribution in [1.29, 1.82) is 0 Å². The van der Waals surface area contributed by atoms with Crippen molar-refractivity contribution >= 4 is 22.0 Å². The fourth-order valence-electron chi connectivity index (χ4n) is 2.59. The molecular weight excluding hydrogens is 420 g/mol. The van der Waals surface area contributed by atoms with Crippen LogP contribution in [0, 0.1) is 0 Å². The highest BCUT2D eigenvalue weighted by Crippen LogP contribution is 2.18. The van der Waals surface area contributed by atoms with Crippen LogP contribution < -0.4 is 14.8 Å². The number of sulfonamides is 1. The number of amides is 2. The van der Waals surface area contributed by atoms with Crippen LogP contribution in [0.3, 0.4) is 0 Å². The molecule has 0 saturated heterocycles. The van der Waals surface area contributed by atoms with E-state index in [-0.39, 0.29) is 10.8 Å². The third kappa shape index (κ3) is 7.45. The number of hydrogen-bond acceptors (Lipinski definition) is 6. The Morgan fingerprint density at radius 3 is 2.42 bits per heavy atom. The molecule has 2 aromatic carbocycles. The summed E-state index contributed by atoms with van der Waals surface area (Å²) < 4.78 is 36.6. The largest absolute Gasteiger partial charge is 0.489 e. The maximum absolute atomic E-state index is 12.4. The number of benzene rings is 2. The predicted octanol–water partition coefficient (Wildman–Crippen LogP) is 3.05. The summed E-state index contributed by atoms with van der Waals surface area (Å²) in [4.78, 5) is 23.9. The summed E-state index contributed by atoms with van der Waals surface area (Å²) in [5.74, 6) is 0.199. The van der Waals surface area contributed by atoms with Gasteiger partial charge in [-0.15, -0.1) is 0 Å². The van der Waals surface area contributed by atoms with E-state index < -0.39 is 22.2 Å².